The van der Waals surface area contributed by atoms with Crippen LogP contribution in [0.4, 0.5) is 11.5 Å². The molecule has 0 bridgehead atoms. The molecule has 210 valence electrons. The van der Waals surface area contributed by atoms with Crippen LogP contribution in [-0.2, 0) is 14.8 Å². The lowest BCUT2D eigenvalue weighted by Gasteiger charge is -2.41. The van der Waals surface area contributed by atoms with Crippen LogP contribution in [-0.4, -0.2) is 62.3 Å². The first kappa shape index (κ1) is 26.7. The zero-order chi connectivity index (χ0) is 27.3. The number of piperidine rings is 1. The van der Waals surface area contributed by atoms with Gasteiger partial charge in [0.15, 0.2) is 10.6 Å². The van der Waals surface area contributed by atoms with Crippen molar-refractivity contribution in [3.63, 3.8) is 0 Å². The second-order valence-corrected chi connectivity index (χ2v) is 13.6. The fourth-order valence-corrected chi connectivity index (χ4v) is 7.49. The molecule has 1 aromatic heterocycles. The highest BCUT2D eigenvalue weighted by Gasteiger charge is 2.54. The fourth-order valence-electron chi connectivity index (χ4n) is 6.32. The first-order valence-corrected chi connectivity index (χ1v) is 15.7. The van der Waals surface area contributed by atoms with Gasteiger partial charge in [-0.25, -0.2) is 9.71 Å². The molecule has 4 aliphatic rings. The van der Waals surface area contributed by atoms with Gasteiger partial charge in [0, 0.05) is 50.1 Å². The summed E-state index contributed by atoms with van der Waals surface area (Å²) in [6.45, 7) is 2.81. The van der Waals surface area contributed by atoms with Gasteiger partial charge in [-0.1, -0.05) is 30.5 Å². The maximum atomic E-state index is 13.3. The molecule has 4 fully saturated rings. The third-order valence-corrected chi connectivity index (χ3v) is 10.3. The van der Waals surface area contributed by atoms with Gasteiger partial charge in [-0.15, -0.1) is 0 Å². The van der Waals surface area contributed by atoms with E-state index in [0.29, 0.717) is 54.4 Å². The van der Waals surface area contributed by atoms with Crippen LogP contribution in [0.1, 0.15) is 57.8 Å². The maximum absolute atomic E-state index is 13.3. The van der Waals surface area contributed by atoms with E-state index in [2.05, 4.69) is 14.6 Å². The van der Waals surface area contributed by atoms with Crippen LogP contribution in [0, 0.1) is 5.41 Å². The number of benzene rings is 1. The molecule has 1 unspecified atom stereocenters. The van der Waals surface area contributed by atoms with Crippen molar-refractivity contribution in [1.29, 1.82) is 0 Å². The van der Waals surface area contributed by atoms with E-state index in [1.54, 1.807) is 18.2 Å². The fraction of sp³-hybridized carbons (Fsp3) is 0.571. The number of nitrogens with zero attached hydrogens (tertiary/aromatic N) is 3. The van der Waals surface area contributed by atoms with Gasteiger partial charge in [0.2, 0.25) is 0 Å². The highest BCUT2D eigenvalue weighted by molar-refractivity contribution is 7.90. The summed E-state index contributed by atoms with van der Waals surface area (Å²) in [6, 6.07) is 10.1. The lowest BCUT2D eigenvalue weighted by Crippen LogP contribution is -2.44. The van der Waals surface area contributed by atoms with Crippen molar-refractivity contribution in [1.82, 2.24) is 9.71 Å². The number of anilines is 2. The van der Waals surface area contributed by atoms with E-state index in [0.717, 1.165) is 31.6 Å². The number of aromatic nitrogens is 1. The highest BCUT2D eigenvalue weighted by Crippen LogP contribution is 2.49. The average molecular weight is 575 g/mol. The van der Waals surface area contributed by atoms with E-state index in [4.69, 9.17) is 16.3 Å². The first-order valence-electron chi connectivity index (χ1n) is 13.9. The molecule has 6 rings (SSSR count). The lowest BCUT2D eigenvalue weighted by molar-refractivity contribution is -0.127. The van der Waals surface area contributed by atoms with E-state index in [-0.39, 0.29) is 5.03 Å². The van der Waals surface area contributed by atoms with Crippen molar-refractivity contribution in [3.8, 4) is 5.75 Å². The average Bonchev–Trinajstić information content (AvgIpc) is 3.34. The Morgan fingerprint density at radius 3 is 2.44 bits per heavy atom. The molecule has 39 heavy (non-hydrogen) atoms. The van der Waals surface area contributed by atoms with Crippen LogP contribution < -0.4 is 19.3 Å². The summed E-state index contributed by atoms with van der Waals surface area (Å²) in [5.74, 6) is 0.243. The minimum Gasteiger partial charge on any atom is -0.475 e. The number of nitrogens with one attached hydrogen (secondary N) is 1. The Labute approximate surface area is 234 Å². The van der Waals surface area contributed by atoms with Crippen LogP contribution in [0.15, 0.2) is 41.4 Å². The number of aliphatic hydroxyl groups is 1. The van der Waals surface area contributed by atoms with Crippen LogP contribution in [0.2, 0.25) is 5.02 Å². The van der Waals surface area contributed by atoms with Crippen molar-refractivity contribution >= 4 is 39.0 Å². The highest BCUT2D eigenvalue weighted by atomic mass is 35.5. The Hall–Kier alpha value is -2.56. The number of pyridine rings is 1. The molecule has 2 aliphatic heterocycles. The van der Waals surface area contributed by atoms with Gasteiger partial charge in [-0.3, -0.25) is 4.79 Å². The molecule has 11 heteroatoms. The predicted octanol–water partition coefficient (Wildman–Crippen LogP) is 3.88. The predicted molar refractivity (Wildman–Crippen MR) is 149 cm³/mol. The Morgan fingerprint density at radius 1 is 1.03 bits per heavy atom. The first-order chi connectivity index (χ1) is 18.7. The number of carbonyl (C=O) groups excluding carboxylic acids is 1. The third-order valence-electron chi connectivity index (χ3n) is 8.87. The number of aliphatic hydroxyl groups excluding tert-OH is 1. The Morgan fingerprint density at radius 2 is 1.77 bits per heavy atom. The Kier molecular flexibility index (Phi) is 6.92. The third kappa shape index (κ3) is 5.43. The standard InChI is InChI=1S/C28H35ClN4O5S/c29-20-6-7-22(32-16-13-27(14-17-32)9-1-2-10-27)23(18-20)38-28(11-12-28)26(35)31-39(36,37)25-5-3-4-24(30-25)33-15-8-21(34)19-33/h3-7,18,21,34H,1-2,8-17,19H2,(H,31,35). The largest absolute Gasteiger partial charge is 0.475 e. The molecule has 2 aromatic rings. The maximum Gasteiger partial charge on any atom is 0.281 e. The second kappa shape index (κ2) is 10.1. The number of hydrogen-bond acceptors (Lipinski definition) is 8. The Bertz CT molecular complexity index is 1350. The summed E-state index contributed by atoms with van der Waals surface area (Å²) in [4.78, 5) is 21.7. The number of rotatable bonds is 7. The van der Waals surface area contributed by atoms with Crippen molar-refractivity contribution in [2.45, 2.75) is 74.5 Å². The van der Waals surface area contributed by atoms with E-state index >= 15 is 0 Å². The normalized spacial score (nSPS) is 23.7. The quantitative estimate of drug-likeness (QED) is 0.512. The van der Waals surface area contributed by atoms with Gasteiger partial charge in [0.25, 0.3) is 15.9 Å². The molecule has 2 N–H and O–H groups in total. The SMILES string of the molecule is O=C(NS(=O)(=O)c1cccc(N2CCC(O)C2)n1)C1(Oc2cc(Cl)ccc2N2CCC3(CCCC3)CC2)CC1. The minimum absolute atomic E-state index is 0.247. The number of sulfonamides is 1. The van der Waals surface area contributed by atoms with Crippen molar-refractivity contribution in [2.24, 2.45) is 5.41 Å². The summed E-state index contributed by atoms with van der Waals surface area (Å²) >= 11 is 6.32. The van der Waals surface area contributed by atoms with E-state index in [9.17, 15) is 18.3 Å². The van der Waals surface area contributed by atoms with Crippen molar-refractivity contribution < 1.29 is 23.1 Å². The van der Waals surface area contributed by atoms with E-state index in [1.165, 1.54) is 31.7 Å². The number of ether oxygens (including phenoxy) is 1. The summed E-state index contributed by atoms with van der Waals surface area (Å²) in [6.07, 6.45) is 8.46. The number of carbonyl (C=O) groups is 1. The molecular weight excluding hydrogens is 540 g/mol. The smallest absolute Gasteiger partial charge is 0.281 e. The molecule has 3 heterocycles. The summed E-state index contributed by atoms with van der Waals surface area (Å²) < 4.78 is 34.8. The molecule has 1 atom stereocenters. The van der Waals surface area contributed by atoms with E-state index < -0.39 is 27.6 Å². The van der Waals surface area contributed by atoms with E-state index in [1.807, 2.05) is 17.0 Å². The second-order valence-electron chi connectivity index (χ2n) is 11.6. The zero-order valence-electron chi connectivity index (χ0n) is 21.9. The molecule has 2 saturated carbocycles. The van der Waals surface area contributed by atoms with Crippen LogP contribution in [0.3, 0.4) is 0 Å². The van der Waals surface area contributed by atoms with Crippen LogP contribution >= 0.6 is 11.6 Å². The van der Waals surface area contributed by atoms with Gasteiger partial charge in [0.1, 0.15) is 11.6 Å². The minimum atomic E-state index is -4.23. The molecule has 2 aliphatic carbocycles. The summed E-state index contributed by atoms with van der Waals surface area (Å²) in [7, 11) is -4.23. The molecule has 2 saturated heterocycles. The number of amides is 1. The molecule has 1 amide bonds. The van der Waals surface area contributed by atoms with Crippen molar-refractivity contribution in [3.05, 3.63) is 41.4 Å². The van der Waals surface area contributed by atoms with Gasteiger partial charge in [-0.05, 0) is 61.8 Å². The number of hydrogen-bond donors (Lipinski definition) is 2. The Balaban J connectivity index is 1.17. The van der Waals surface area contributed by atoms with Gasteiger partial charge < -0.3 is 19.6 Å². The summed E-state index contributed by atoms with van der Waals surface area (Å²) in [5, 5.41) is 10.1. The van der Waals surface area contributed by atoms with Crippen molar-refractivity contribution in [2.75, 3.05) is 36.0 Å². The summed E-state index contributed by atoms with van der Waals surface area (Å²) in [5.41, 5.74) is 0.0814. The monoisotopic (exact) mass is 574 g/mol. The number of β-amino-alcohol motifs (C(OH)–C–C–N with tert-alkyl or cyclic N) is 1. The molecular formula is C28H35ClN4O5S. The topological polar surface area (TPSA) is 112 Å². The van der Waals surface area contributed by atoms with Gasteiger partial charge in [0.05, 0.1) is 11.8 Å². The molecule has 0 radical (unpaired) electrons. The van der Waals surface area contributed by atoms with Gasteiger partial charge in [-0.2, -0.15) is 8.42 Å². The lowest BCUT2D eigenvalue weighted by atomic mass is 9.77. The molecule has 9 nitrogen and oxygen atoms in total. The number of halogens is 1. The molecule has 1 spiro atoms. The van der Waals surface area contributed by atoms with Crippen LogP contribution in [0.25, 0.3) is 0 Å². The zero-order valence-corrected chi connectivity index (χ0v) is 23.5. The van der Waals surface area contributed by atoms with Gasteiger partial charge >= 0.3 is 0 Å². The van der Waals surface area contributed by atoms with Crippen LogP contribution in [0.5, 0.6) is 5.75 Å². The molecule has 1 aromatic carbocycles.